The second-order valence-electron chi connectivity index (χ2n) is 4.31. The van der Waals surface area contributed by atoms with Crippen LogP contribution in [-0.4, -0.2) is 45.8 Å². The van der Waals surface area contributed by atoms with Crippen LogP contribution in [0.1, 0.15) is 13.8 Å². The van der Waals surface area contributed by atoms with Gasteiger partial charge in [0, 0.05) is 5.75 Å². The first-order valence-electron chi connectivity index (χ1n) is 6.38. The minimum absolute atomic E-state index is 0.237. The predicted molar refractivity (Wildman–Crippen MR) is 77.5 cm³/mol. The SMILES string of the molecule is COc1ccccc1-n1nnnc1SCCOC(C)C. The zero-order valence-corrected chi connectivity index (χ0v) is 12.6. The van der Waals surface area contributed by atoms with E-state index in [0.29, 0.717) is 6.61 Å². The summed E-state index contributed by atoms with van der Waals surface area (Å²) >= 11 is 1.56. The molecule has 0 N–H and O–H groups in total. The van der Waals surface area contributed by atoms with Gasteiger partial charge in [-0.05, 0) is 36.4 Å². The number of hydrogen-bond donors (Lipinski definition) is 0. The van der Waals surface area contributed by atoms with Gasteiger partial charge in [0.25, 0.3) is 0 Å². The third-order valence-corrected chi connectivity index (χ3v) is 3.40. The van der Waals surface area contributed by atoms with Crippen LogP contribution in [0.25, 0.3) is 5.69 Å². The van der Waals surface area contributed by atoms with Crippen LogP contribution in [0, 0.1) is 0 Å². The van der Waals surface area contributed by atoms with Crippen LogP contribution >= 0.6 is 11.8 Å². The Morgan fingerprint density at radius 1 is 1.30 bits per heavy atom. The molecule has 0 amide bonds. The largest absolute Gasteiger partial charge is 0.494 e. The molecule has 0 aliphatic carbocycles. The van der Waals surface area contributed by atoms with Gasteiger partial charge in [0.05, 0.1) is 19.8 Å². The summed E-state index contributed by atoms with van der Waals surface area (Å²) in [5, 5.41) is 12.5. The fourth-order valence-corrected chi connectivity index (χ4v) is 2.36. The predicted octanol–water partition coefficient (Wildman–Crippen LogP) is 2.19. The lowest BCUT2D eigenvalue weighted by atomic mass is 10.3. The number of hydrogen-bond acceptors (Lipinski definition) is 6. The number of tetrazole rings is 1. The second kappa shape index (κ2) is 7.25. The van der Waals surface area contributed by atoms with E-state index in [2.05, 4.69) is 15.5 Å². The van der Waals surface area contributed by atoms with E-state index >= 15 is 0 Å². The van der Waals surface area contributed by atoms with Crippen LogP contribution in [0.15, 0.2) is 29.4 Å². The molecular formula is C13H18N4O2S. The Labute approximate surface area is 122 Å². The van der Waals surface area contributed by atoms with E-state index in [1.807, 2.05) is 38.1 Å². The van der Waals surface area contributed by atoms with Gasteiger partial charge in [-0.2, -0.15) is 4.68 Å². The Bertz CT molecular complexity index is 545. The van der Waals surface area contributed by atoms with Crippen LogP contribution in [0.4, 0.5) is 0 Å². The van der Waals surface area contributed by atoms with Gasteiger partial charge in [0.15, 0.2) is 0 Å². The lowest BCUT2D eigenvalue weighted by Gasteiger charge is -2.09. The van der Waals surface area contributed by atoms with Gasteiger partial charge in [-0.25, -0.2) is 0 Å². The summed E-state index contributed by atoms with van der Waals surface area (Å²) in [6.45, 7) is 4.70. The second-order valence-corrected chi connectivity index (χ2v) is 5.38. The van der Waals surface area contributed by atoms with Crippen molar-refractivity contribution in [1.29, 1.82) is 0 Å². The van der Waals surface area contributed by atoms with E-state index in [9.17, 15) is 0 Å². The average molecular weight is 294 g/mol. The minimum Gasteiger partial charge on any atom is -0.494 e. The fourth-order valence-electron chi connectivity index (χ4n) is 1.64. The zero-order chi connectivity index (χ0) is 14.4. The lowest BCUT2D eigenvalue weighted by Crippen LogP contribution is -2.07. The number of ether oxygens (including phenoxy) is 2. The lowest BCUT2D eigenvalue weighted by molar-refractivity contribution is 0.0920. The van der Waals surface area contributed by atoms with Crippen LogP contribution in [0.2, 0.25) is 0 Å². The average Bonchev–Trinajstić information content (AvgIpc) is 2.91. The Kier molecular flexibility index (Phi) is 5.37. The van der Waals surface area contributed by atoms with Crippen molar-refractivity contribution in [1.82, 2.24) is 20.2 Å². The summed E-state index contributed by atoms with van der Waals surface area (Å²) in [6.07, 6.45) is 0.237. The van der Waals surface area contributed by atoms with E-state index in [1.165, 1.54) is 0 Å². The molecule has 0 saturated carbocycles. The van der Waals surface area contributed by atoms with E-state index in [0.717, 1.165) is 22.3 Å². The molecule has 108 valence electrons. The smallest absolute Gasteiger partial charge is 0.214 e. The maximum Gasteiger partial charge on any atom is 0.214 e. The molecule has 1 aromatic heterocycles. The number of para-hydroxylation sites is 2. The number of methoxy groups -OCH3 is 1. The molecule has 0 spiro atoms. The normalized spacial score (nSPS) is 11.0. The Morgan fingerprint density at radius 3 is 2.85 bits per heavy atom. The van der Waals surface area contributed by atoms with Gasteiger partial charge < -0.3 is 9.47 Å². The van der Waals surface area contributed by atoms with Crippen LogP contribution < -0.4 is 4.74 Å². The van der Waals surface area contributed by atoms with Crippen molar-refractivity contribution < 1.29 is 9.47 Å². The highest BCUT2D eigenvalue weighted by Gasteiger charge is 2.12. The van der Waals surface area contributed by atoms with Crippen molar-refractivity contribution in [2.45, 2.75) is 25.1 Å². The third-order valence-electron chi connectivity index (χ3n) is 2.52. The molecule has 7 heteroatoms. The van der Waals surface area contributed by atoms with Crippen LogP contribution in [0.3, 0.4) is 0 Å². The van der Waals surface area contributed by atoms with Gasteiger partial charge in [-0.15, -0.1) is 5.10 Å². The van der Waals surface area contributed by atoms with E-state index in [1.54, 1.807) is 23.6 Å². The Balaban J connectivity index is 2.08. The third kappa shape index (κ3) is 3.71. The van der Waals surface area contributed by atoms with Crippen LogP contribution in [-0.2, 0) is 4.74 Å². The van der Waals surface area contributed by atoms with Gasteiger partial charge in [-0.3, -0.25) is 0 Å². The quantitative estimate of drug-likeness (QED) is 0.576. The molecule has 2 aromatic rings. The van der Waals surface area contributed by atoms with Gasteiger partial charge in [-0.1, -0.05) is 23.9 Å². The summed E-state index contributed by atoms with van der Waals surface area (Å²) in [7, 11) is 1.63. The molecule has 0 unspecified atom stereocenters. The zero-order valence-electron chi connectivity index (χ0n) is 11.8. The molecule has 6 nitrogen and oxygen atoms in total. The number of nitrogens with zero attached hydrogens (tertiary/aromatic N) is 4. The number of aromatic nitrogens is 4. The summed E-state index contributed by atoms with van der Waals surface area (Å²) < 4.78 is 12.5. The Morgan fingerprint density at radius 2 is 2.10 bits per heavy atom. The molecule has 0 aliphatic rings. The molecule has 0 radical (unpaired) electrons. The van der Waals surface area contributed by atoms with E-state index in [-0.39, 0.29) is 6.10 Å². The monoisotopic (exact) mass is 294 g/mol. The number of benzene rings is 1. The molecule has 0 atom stereocenters. The maximum atomic E-state index is 5.51. The number of rotatable bonds is 7. The summed E-state index contributed by atoms with van der Waals surface area (Å²) in [4.78, 5) is 0. The van der Waals surface area contributed by atoms with E-state index in [4.69, 9.17) is 9.47 Å². The minimum atomic E-state index is 0.237. The molecule has 0 aliphatic heterocycles. The summed E-state index contributed by atoms with van der Waals surface area (Å²) in [5.74, 6) is 1.54. The van der Waals surface area contributed by atoms with Crippen molar-refractivity contribution >= 4 is 11.8 Å². The first kappa shape index (κ1) is 14.8. The first-order chi connectivity index (χ1) is 9.72. The molecule has 1 heterocycles. The highest BCUT2D eigenvalue weighted by atomic mass is 32.2. The van der Waals surface area contributed by atoms with Gasteiger partial charge in [0.2, 0.25) is 5.16 Å². The topological polar surface area (TPSA) is 62.1 Å². The molecule has 20 heavy (non-hydrogen) atoms. The van der Waals surface area contributed by atoms with Crippen molar-refractivity contribution in [3.63, 3.8) is 0 Å². The Hall–Kier alpha value is -1.60. The number of thioether (sulfide) groups is 1. The molecule has 0 saturated heterocycles. The van der Waals surface area contributed by atoms with Gasteiger partial charge in [0.1, 0.15) is 11.4 Å². The molecule has 0 fully saturated rings. The van der Waals surface area contributed by atoms with Crippen molar-refractivity contribution in [3.05, 3.63) is 24.3 Å². The molecular weight excluding hydrogens is 276 g/mol. The molecule has 1 aromatic carbocycles. The van der Waals surface area contributed by atoms with Crippen molar-refractivity contribution in [2.75, 3.05) is 19.5 Å². The maximum absolute atomic E-state index is 5.51. The van der Waals surface area contributed by atoms with Crippen molar-refractivity contribution in [2.24, 2.45) is 0 Å². The highest BCUT2D eigenvalue weighted by Crippen LogP contribution is 2.25. The fraction of sp³-hybridized carbons (Fsp3) is 0.462. The van der Waals surface area contributed by atoms with E-state index < -0.39 is 0 Å². The summed E-state index contributed by atoms with van der Waals surface area (Å²) in [5.41, 5.74) is 0.826. The summed E-state index contributed by atoms with van der Waals surface area (Å²) in [6, 6.07) is 7.64. The van der Waals surface area contributed by atoms with Crippen molar-refractivity contribution in [3.8, 4) is 11.4 Å². The molecule has 2 rings (SSSR count). The highest BCUT2D eigenvalue weighted by molar-refractivity contribution is 7.99. The molecule has 0 bridgehead atoms. The first-order valence-corrected chi connectivity index (χ1v) is 7.37. The van der Waals surface area contributed by atoms with Crippen LogP contribution in [0.5, 0.6) is 5.75 Å². The van der Waals surface area contributed by atoms with Gasteiger partial charge >= 0.3 is 0 Å². The standard InChI is InChI=1S/C13H18N4O2S/c1-10(2)19-8-9-20-13-14-15-16-17(13)11-6-4-5-7-12(11)18-3/h4-7,10H,8-9H2,1-3H3.